The molecule has 0 bridgehead atoms. The highest BCUT2D eigenvalue weighted by atomic mass is 15.3. The lowest BCUT2D eigenvalue weighted by atomic mass is 9.80. The number of aromatic nitrogens is 2. The van der Waals surface area contributed by atoms with E-state index in [0.29, 0.717) is 5.41 Å². The van der Waals surface area contributed by atoms with E-state index in [2.05, 4.69) is 28.7 Å². The second kappa shape index (κ2) is 4.40. The third kappa shape index (κ3) is 2.34. The molecule has 0 spiro atoms. The maximum absolute atomic E-state index is 4.42. The Morgan fingerprint density at radius 2 is 2.06 bits per heavy atom. The molecule has 16 heavy (non-hydrogen) atoms. The van der Waals surface area contributed by atoms with Gasteiger partial charge in [-0.25, -0.2) is 9.97 Å². The minimum absolute atomic E-state index is 0.437. The number of aryl methyl sites for hydroxylation is 1. The van der Waals surface area contributed by atoms with E-state index in [1.807, 2.05) is 19.3 Å². The first-order chi connectivity index (χ1) is 7.63. The zero-order chi connectivity index (χ0) is 11.6. The lowest BCUT2D eigenvalue weighted by Gasteiger charge is -2.40. The van der Waals surface area contributed by atoms with Crippen molar-refractivity contribution < 1.29 is 0 Å². The van der Waals surface area contributed by atoms with E-state index in [4.69, 9.17) is 0 Å². The zero-order valence-electron chi connectivity index (χ0n) is 10.5. The van der Waals surface area contributed by atoms with Gasteiger partial charge in [0.2, 0.25) is 5.95 Å². The number of hydrogen-bond donors (Lipinski definition) is 0. The van der Waals surface area contributed by atoms with Crippen molar-refractivity contribution in [1.82, 2.24) is 9.97 Å². The van der Waals surface area contributed by atoms with E-state index < -0.39 is 0 Å². The summed E-state index contributed by atoms with van der Waals surface area (Å²) in [6.07, 6.45) is 7.61. The molecule has 1 fully saturated rings. The van der Waals surface area contributed by atoms with Crippen LogP contribution in [0.5, 0.6) is 0 Å². The minimum atomic E-state index is 0.437. The Hall–Kier alpha value is -1.12. The topological polar surface area (TPSA) is 29.0 Å². The first kappa shape index (κ1) is 11.4. The summed E-state index contributed by atoms with van der Waals surface area (Å²) >= 11 is 0. The molecular formula is C13H21N3. The molecule has 1 aromatic heterocycles. The molecule has 1 aliphatic rings. The van der Waals surface area contributed by atoms with Crippen molar-refractivity contribution in [3.05, 3.63) is 18.0 Å². The Kier molecular flexibility index (Phi) is 3.13. The van der Waals surface area contributed by atoms with E-state index in [-0.39, 0.29) is 0 Å². The molecular weight excluding hydrogens is 198 g/mol. The average molecular weight is 219 g/mol. The van der Waals surface area contributed by atoms with Gasteiger partial charge in [0.15, 0.2) is 0 Å². The first-order valence-corrected chi connectivity index (χ1v) is 6.16. The second-order valence-electron chi connectivity index (χ2n) is 5.25. The fourth-order valence-corrected chi connectivity index (χ4v) is 2.32. The van der Waals surface area contributed by atoms with Crippen LogP contribution in [0.4, 0.5) is 5.95 Å². The molecule has 0 aliphatic carbocycles. The smallest absolute Gasteiger partial charge is 0.225 e. The van der Waals surface area contributed by atoms with Gasteiger partial charge < -0.3 is 4.90 Å². The van der Waals surface area contributed by atoms with Gasteiger partial charge in [-0.1, -0.05) is 13.8 Å². The maximum Gasteiger partial charge on any atom is 0.225 e. The number of piperidine rings is 1. The number of anilines is 1. The van der Waals surface area contributed by atoms with Crippen LogP contribution in [0.3, 0.4) is 0 Å². The monoisotopic (exact) mass is 219 g/mol. The molecule has 0 saturated carbocycles. The van der Waals surface area contributed by atoms with Gasteiger partial charge >= 0.3 is 0 Å². The van der Waals surface area contributed by atoms with Crippen LogP contribution < -0.4 is 4.90 Å². The average Bonchev–Trinajstić information content (AvgIpc) is 2.30. The van der Waals surface area contributed by atoms with Crippen molar-refractivity contribution >= 4 is 5.95 Å². The zero-order valence-corrected chi connectivity index (χ0v) is 10.5. The van der Waals surface area contributed by atoms with Gasteiger partial charge in [-0.3, -0.25) is 0 Å². The summed E-state index contributed by atoms with van der Waals surface area (Å²) in [5, 5.41) is 0. The van der Waals surface area contributed by atoms with Gasteiger partial charge in [0.1, 0.15) is 0 Å². The van der Waals surface area contributed by atoms with E-state index in [1.165, 1.54) is 19.3 Å². The Balaban J connectivity index is 2.12. The molecule has 1 atom stereocenters. The highest BCUT2D eigenvalue weighted by Gasteiger charge is 2.30. The van der Waals surface area contributed by atoms with Crippen LogP contribution in [0.15, 0.2) is 12.4 Å². The SMILES string of the molecule is CCC1(C)CCCN(c2ncc(C)cn2)C1. The van der Waals surface area contributed by atoms with E-state index in [9.17, 15) is 0 Å². The Bertz CT molecular complexity index is 347. The van der Waals surface area contributed by atoms with Crippen LogP contribution in [0.1, 0.15) is 38.7 Å². The summed E-state index contributed by atoms with van der Waals surface area (Å²) in [5.74, 6) is 0.893. The summed E-state index contributed by atoms with van der Waals surface area (Å²) < 4.78 is 0. The predicted octanol–water partition coefficient (Wildman–Crippen LogP) is 2.80. The van der Waals surface area contributed by atoms with Gasteiger partial charge in [-0.2, -0.15) is 0 Å². The molecule has 88 valence electrons. The van der Waals surface area contributed by atoms with Crippen LogP contribution in [-0.2, 0) is 0 Å². The van der Waals surface area contributed by atoms with E-state index in [0.717, 1.165) is 24.6 Å². The highest BCUT2D eigenvalue weighted by Crippen LogP contribution is 2.33. The Morgan fingerprint density at radius 3 is 2.69 bits per heavy atom. The van der Waals surface area contributed by atoms with Crippen LogP contribution in [0.25, 0.3) is 0 Å². The molecule has 3 heteroatoms. The third-order valence-corrected chi connectivity index (χ3v) is 3.68. The largest absolute Gasteiger partial charge is 0.340 e. The Morgan fingerprint density at radius 1 is 1.38 bits per heavy atom. The molecule has 0 radical (unpaired) electrons. The molecule has 1 unspecified atom stereocenters. The van der Waals surface area contributed by atoms with Crippen molar-refractivity contribution in [2.24, 2.45) is 5.41 Å². The molecule has 1 aliphatic heterocycles. The van der Waals surface area contributed by atoms with Crippen LogP contribution >= 0.6 is 0 Å². The van der Waals surface area contributed by atoms with Crippen molar-refractivity contribution in [2.75, 3.05) is 18.0 Å². The summed E-state index contributed by atoms with van der Waals surface area (Å²) in [6.45, 7) is 8.86. The second-order valence-corrected chi connectivity index (χ2v) is 5.25. The van der Waals surface area contributed by atoms with Crippen LogP contribution in [0.2, 0.25) is 0 Å². The fraction of sp³-hybridized carbons (Fsp3) is 0.692. The van der Waals surface area contributed by atoms with Gasteiger partial charge in [0.25, 0.3) is 0 Å². The van der Waals surface area contributed by atoms with Crippen molar-refractivity contribution in [1.29, 1.82) is 0 Å². The molecule has 2 heterocycles. The van der Waals surface area contributed by atoms with Gasteiger partial charge in [-0.05, 0) is 37.2 Å². The number of rotatable bonds is 2. The molecule has 3 nitrogen and oxygen atoms in total. The van der Waals surface area contributed by atoms with Gasteiger partial charge in [0.05, 0.1) is 0 Å². The maximum atomic E-state index is 4.42. The van der Waals surface area contributed by atoms with Crippen LogP contribution in [-0.4, -0.2) is 23.1 Å². The normalized spacial score (nSPS) is 25.8. The van der Waals surface area contributed by atoms with Gasteiger partial charge in [-0.15, -0.1) is 0 Å². The molecule has 0 amide bonds. The number of hydrogen-bond acceptors (Lipinski definition) is 3. The lowest BCUT2D eigenvalue weighted by molar-refractivity contribution is 0.250. The molecule has 2 rings (SSSR count). The summed E-state index contributed by atoms with van der Waals surface area (Å²) in [5.41, 5.74) is 1.56. The summed E-state index contributed by atoms with van der Waals surface area (Å²) in [7, 11) is 0. The predicted molar refractivity (Wildman–Crippen MR) is 66.6 cm³/mol. The number of nitrogens with zero attached hydrogens (tertiary/aromatic N) is 3. The quantitative estimate of drug-likeness (QED) is 0.766. The van der Waals surface area contributed by atoms with E-state index >= 15 is 0 Å². The van der Waals surface area contributed by atoms with Crippen molar-refractivity contribution in [3.63, 3.8) is 0 Å². The van der Waals surface area contributed by atoms with Gasteiger partial charge in [0, 0.05) is 25.5 Å². The highest BCUT2D eigenvalue weighted by molar-refractivity contribution is 5.31. The van der Waals surface area contributed by atoms with Crippen molar-refractivity contribution in [3.8, 4) is 0 Å². The standard InChI is InChI=1S/C13H21N3/c1-4-13(3)6-5-7-16(10-13)12-14-8-11(2)9-15-12/h8-9H,4-7,10H2,1-3H3. The summed E-state index contributed by atoms with van der Waals surface area (Å²) in [6, 6.07) is 0. The van der Waals surface area contributed by atoms with E-state index in [1.54, 1.807) is 0 Å². The lowest BCUT2D eigenvalue weighted by Crippen LogP contribution is -2.42. The third-order valence-electron chi connectivity index (χ3n) is 3.68. The fourth-order valence-electron chi connectivity index (χ4n) is 2.32. The molecule has 0 aromatic carbocycles. The van der Waals surface area contributed by atoms with Crippen molar-refractivity contribution in [2.45, 2.75) is 40.0 Å². The Labute approximate surface area is 97.9 Å². The van der Waals surface area contributed by atoms with Crippen LogP contribution in [0, 0.1) is 12.3 Å². The minimum Gasteiger partial charge on any atom is -0.340 e. The molecule has 1 saturated heterocycles. The molecule has 1 aromatic rings. The first-order valence-electron chi connectivity index (χ1n) is 6.16. The summed E-state index contributed by atoms with van der Waals surface area (Å²) in [4.78, 5) is 11.2. The molecule has 0 N–H and O–H groups in total.